The zero-order valence-electron chi connectivity index (χ0n) is 8.84. The van der Waals surface area contributed by atoms with Crippen LogP contribution in [0.5, 0.6) is 0 Å². The molecule has 0 aliphatic heterocycles. The molecule has 6 nitrogen and oxygen atoms in total. The second-order valence-corrected chi connectivity index (χ2v) is 5.51. The summed E-state index contributed by atoms with van der Waals surface area (Å²) in [5.41, 5.74) is 0.246. The number of hydrogen-bond acceptors (Lipinski definition) is 6. The van der Waals surface area contributed by atoms with Gasteiger partial charge in [0.15, 0.2) is 9.84 Å². The van der Waals surface area contributed by atoms with Gasteiger partial charge in [-0.3, -0.25) is 0 Å². The van der Waals surface area contributed by atoms with Gasteiger partial charge in [0.1, 0.15) is 11.8 Å². The molecule has 0 fully saturated rings. The smallest absolute Gasteiger partial charge is 0.223 e. The third kappa shape index (κ3) is 3.82. The molecule has 1 aromatic rings. The molecule has 0 aromatic carbocycles. The van der Waals surface area contributed by atoms with Crippen LogP contribution < -0.4 is 5.32 Å². The lowest BCUT2D eigenvalue weighted by atomic mass is 10.4. The molecule has 0 aliphatic carbocycles. The van der Waals surface area contributed by atoms with E-state index in [-0.39, 0.29) is 29.7 Å². The van der Waals surface area contributed by atoms with Crippen molar-refractivity contribution in [3.8, 4) is 6.07 Å². The molecular weight excluding hydrogens is 228 g/mol. The molecule has 0 saturated heterocycles. The summed E-state index contributed by atoms with van der Waals surface area (Å²) >= 11 is 0. The number of aromatic nitrogens is 2. The van der Waals surface area contributed by atoms with Crippen LogP contribution in [0, 0.1) is 11.3 Å². The van der Waals surface area contributed by atoms with Crippen molar-refractivity contribution < 1.29 is 8.42 Å². The van der Waals surface area contributed by atoms with E-state index in [1.165, 1.54) is 12.3 Å². The average Bonchev–Trinajstić information content (AvgIpc) is 2.29. The van der Waals surface area contributed by atoms with Crippen LogP contribution in [0.25, 0.3) is 0 Å². The molecule has 7 heteroatoms. The van der Waals surface area contributed by atoms with Gasteiger partial charge in [0.2, 0.25) is 5.95 Å². The summed E-state index contributed by atoms with van der Waals surface area (Å²) in [6, 6.07) is 3.36. The van der Waals surface area contributed by atoms with Crippen molar-refractivity contribution in [3.63, 3.8) is 0 Å². The Labute approximate surface area is 94.3 Å². The fourth-order valence-electron chi connectivity index (χ4n) is 0.969. The minimum atomic E-state index is -2.99. The van der Waals surface area contributed by atoms with Gasteiger partial charge >= 0.3 is 0 Å². The molecule has 1 heterocycles. The van der Waals surface area contributed by atoms with Gasteiger partial charge in [0.25, 0.3) is 0 Å². The minimum absolute atomic E-state index is 0.0314. The monoisotopic (exact) mass is 240 g/mol. The van der Waals surface area contributed by atoms with Gasteiger partial charge in [-0.2, -0.15) is 5.26 Å². The van der Waals surface area contributed by atoms with Crippen LogP contribution in [-0.4, -0.2) is 36.4 Å². The Morgan fingerprint density at radius 3 is 2.94 bits per heavy atom. The van der Waals surface area contributed by atoms with Gasteiger partial charge < -0.3 is 5.32 Å². The molecule has 0 bridgehead atoms. The quantitative estimate of drug-likeness (QED) is 0.789. The van der Waals surface area contributed by atoms with Gasteiger partial charge in [-0.15, -0.1) is 0 Å². The van der Waals surface area contributed by atoms with Gasteiger partial charge in [-0.1, -0.05) is 6.92 Å². The van der Waals surface area contributed by atoms with Gasteiger partial charge in [-0.25, -0.2) is 18.4 Å². The van der Waals surface area contributed by atoms with Crippen molar-refractivity contribution in [1.29, 1.82) is 5.26 Å². The summed E-state index contributed by atoms with van der Waals surface area (Å²) < 4.78 is 22.4. The molecular formula is C9H12N4O2S. The summed E-state index contributed by atoms with van der Waals surface area (Å²) in [5.74, 6) is 0.419. The van der Waals surface area contributed by atoms with Crippen molar-refractivity contribution in [1.82, 2.24) is 9.97 Å². The Morgan fingerprint density at radius 1 is 1.56 bits per heavy atom. The first-order chi connectivity index (χ1) is 7.57. The zero-order chi connectivity index (χ0) is 12.0. The summed E-state index contributed by atoms with van der Waals surface area (Å²) in [6.07, 6.45) is 1.45. The maximum Gasteiger partial charge on any atom is 0.223 e. The maximum absolute atomic E-state index is 11.2. The first-order valence-corrected chi connectivity index (χ1v) is 6.57. The van der Waals surface area contributed by atoms with Crippen molar-refractivity contribution in [2.75, 3.05) is 23.4 Å². The lowest BCUT2D eigenvalue weighted by Gasteiger charge is -2.04. The van der Waals surface area contributed by atoms with Gasteiger partial charge in [0.05, 0.1) is 5.75 Å². The predicted octanol–water partition coefficient (Wildman–Crippen LogP) is 0.195. The molecule has 0 saturated carbocycles. The van der Waals surface area contributed by atoms with Crippen molar-refractivity contribution in [2.45, 2.75) is 6.92 Å². The van der Waals surface area contributed by atoms with E-state index >= 15 is 0 Å². The highest BCUT2D eigenvalue weighted by molar-refractivity contribution is 7.91. The van der Waals surface area contributed by atoms with E-state index in [1.807, 2.05) is 6.07 Å². The SMILES string of the molecule is CCS(=O)(=O)CCNc1nccc(C#N)n1. The van der Waals surface area contributed by atoms with E-state index in [0.29, 0.717) is 0 Å². The van der Waals surface area contributed by atoms with Gasteiger partial charge in [0, 0.05) is 18.5 Å². The highest BCUT2D eigenvalue weighted by Gasteiger charge is 2.06. The molecule has 0 aliphatic rings. The minimum Gasteiger partial charge on any atom is -0.353 e. The fourth-order valence-corrected chi connectivity index (χ4v) is 1.67. The topological polar surface area (TPSA) is 95.7 Å². The Balaban J connectivity index is 2.53. The molecule has 16 heavy (non-hydrogen) atoms. The Hall–Kier alpha value is -1.68. The van der Waals surface area contributed by atoms with E-state index < -0.39 is 9.84 Å². The molecule has 1 aromatic heterocycles. The average molecular weight is 240 g/mol. The highest BCUT2D eigenvalue weighted by Crippen LogP contribution is 1.99. The Bertz CT molecular complexity index is 492. The number of hydrogen-bond donors (Lipinski definition) is 1. The second kappa shape index (κ2) is 5.42. The highest BCUT2D eigenvalue weighted by atomic mass is 32.2. The third-order valence-corrected chi connectivity index (χ3v) is 3.61. The summed E-state index contributed by atoms with van der Waals surface area (Å²) in [4.78, 5) is 7.72. The first kappa shape index (κ1) is 12.4. The summed E-state index contributed by atoms with van der Waals surface area (Å²) in [6.45, 7) is 1.84. The summed E-state index contributed by atoms with van der Waals surface area (Å²) in [5, 5.41) is 11.3. The van der Waals surface area contributed by atoms with Gasteiger partial charge in [-0.05, 0) is 6.07 Å². The second-order valence-electron chi connectivity index (χ2n) is 3.04. The van der Waals surface area contributed by atoms with Crippen LogP contribution in [0.3, 0.4) is 0 Å². The van der Waals surface area contributed by atoms with E-state index in [0.717, 1.165) is 0 Å². The normalized spacial score (nSPS) is 10.8. The predicted molar refractivity (Wildman–Crippen MR) is 59.6 cm³/mol. The van der Waals surface area contributed by atoms with Crippen LogP contribution in [0.15, 0.2) is 12.3 Å². The van der Waals surface area contributed by atoms with Crippen molar-refractivity contribution in [2.24, 2.45) is 0 Å². The van der Waals surface area contributed by atoms with Crippen LogP contribution in [0.1, 0.15) is 12.6 Å². The standard InChI is InChI=1S/C9H12N4O2S/c1-2-16(14,15)6-5-12-9-11-4-3-8(7-10)13-9/h3-4H,2,5-6H2,1H3,(H,11,12,13). The fraction of sp³-hybridized carbons (Fsp3) is 0.444. The number of rotatable bonds is 5. The lowest BCUT2D eigenvalue weighted by Crippen LogP contribution is -2.18. The van der Waals surface area contributed by atoms with E-state index in [9.17, 15) is 8.42 Å². The Kier molecular flexibility index (Phi) is 4.19. The lowest BCUT2D eigenvalue weighted by molar-refractivity contribution is 0.597. The molecule has 0 spiro atoms. The molecule has 0 unspecified atom stereocenters. The number of nitriles is 1. The Morgan fingerprint density at radius 2 is 2.31 bits per heavy atom. The largest absolute Gasteiger partial charge is 0.353 e. The van der Waals surface area contributed by atoms with Crippen LogP contribution >= 0.6 is 0 Å². The number of sulfone groups is 1. The van der Waals surface area contributed by atoms with E-state index in [1.54, 1.807) is 6.92 Å². The molecule has 86 valence electrons. The number of nitrogens with zero attached hydrogens (tertiary/aromatic N) is 3. The molecule has 1 rings (SSSR count). The molecule has 0 radical (unpaired) electrons. The van der Waals surface area contributed by atoms with E-state index in [4.69, 9.17) is 5.26 Å². The molecule has 0 atom stereocenters. The first-order valence-electron chi connectivity index (χ1n) is 4.75. The van der Waals surface area contributed by atoms with E-state index in [2.05, 4.69) is 15.3 Å². The van der Waals surface area contributed by atoms with Crippen molar-refractivity contribution in [3.05, 3.63) is 18.0 Å². The molecule has 0 amide bonds. The zero-order valence-corrected chi connectivity index (χ0v) is 9.66. The maximum atomic E-state index is 11.2. The van der Waals surface area contributed by atoms with Crippen molar-refractivity contribution >= 4 is 15.8 Å². The third-order valence-electron chi connectivity index (χ3n) is 1.91. The molecule has 1 N–H and O–H groups in total. The van der Waals surface area contributed by atoms with Crippen LogP contribution in [0.4, 0.5) is 5.95 Å². The van der Waals surface area contributed by atoms with Crippen LogP contribution in [0.2, 0.25) is 0 Å². The summed E-state index contributed by atoms with van der Waals surface area (Å²) in [7, 11) is -2.99. The number of nitrogens with one attached hydrogen (secondary N) is 1. The van der Waals surface area contributed by atoms with Crippen LogP contribution in [-0.2, 0) is 9.84 Å². The number of anilines is 1.